The van der Waals surface area contributed by atoms with E-state index in [0.29, 0.717) is 0 Å². The maximum atomic E-state index is 4.83. The molecule has 0 aliphatic heterocycles. The van der Waals surface area contributed by atoms with Crippen molar-refractivity contribution in [2.75, 3.05) is 33.2 Å². The zero-order valence-corrected chi connectivity index (χ0v) is 14.5. The lowest BCUT2D eigenvalue weighted by Crippen LogP contribution is -2.26. The van der Waals surface area contributed by atoms with Gasteiger partial charge in [0.1, 0.15) is 5.82 Å². The first-order chi connectivity index (χ1) is 10.2. The van der Waals surface area contributed by atoms with Gasteiger partial charge in [-0.05, 0) is 51.5 Å². The number of hydrogen-bond acceptors (Lipinski definition) is 4. The molecule has 0 aliphatic rings. The van der Waals surface area contributed by atoms with Crippen LogP contribution in [0.4, 0.5) is 0 Å². The van der Waals surface area contributed by atoms with E-state index >= 15 is 0 Å². The number of likely N-dealkylation sites (N-methyl/N-ethyl adjacent to an activating group) is 2. The fourth-order valence-corrected chi connectivity index (χ4v) is 2.67. The summed E-state index contributed by atoms with van der Waals surface area (Å²) in [5.74, 6) is 1.02. The molecule has 0 spiro atoms. The van der Waals surface area contributed by atoms with Crippen LogP contribution < -0.4 is 5.32 Å². The molecule has 0 unspecified atom stereocenters. The second-order valence-corrected chi connectivity index (χ2v) is 5.35. The zero-order chi connectivity index (χ0) is 15.7. The Hall–Kier alpha value is -1.00. The van der Waals surface area contributed by atoms with Gasteiger partial charge in [0.15, 0.2) is 0 Å². The lowest BCUT2D eigenvalue weighted by molar-refractivity contribution is 0.305. The fourth-order valence-electron chi connectivity index (χ4n) is 2.67. The lowest BCUT2D eigenvalue weighted by Gasteiger charge is -2.18. The van der Waals surface area contributed by atoms with Crippen molar-refractivity contribution in [2.45, 2.75) is 53.4 Å². The SMILES string of the molecule is CCc1nc(CCN(CC)CC)nc(CC)c1CCNC. The van der Waals surface area contributed by atoms with Gasteiger partial charge in [-0.25, -0.2) is 9.97 Å². The van der Waals surface area contributed by atoms with E-state index < -0.39 is 0 Å². The highest BCUT2D eigenvalue weighted by atomic mass is 15.1. The Morgan fingerprint density at radius 3 is 1.90 bits per heavy atom. The van der Waals surface area contributed by atoms with E-state index in [4.69, 9.17) is 9.97 Å². The Balaban J connectivity index is 2.91. The average Bonchev–Trinajstić information content (AvgIpc) is 2.53. The number of nitrogens with zero attached hydrogens (tertiary/aromatic N) is 3. The molecule has 0 saturated heterocycles. The van der Waals surface area contributed by atoms with E-state index in [2.05, 4.69) is 37.9 Å². The highest BCUT2D eigenvalue weighted by Gasteiger charge is 2.12. The molecule has 120 valence electrons. The van der Waals surface area contributed by atoms with E-state index in [1.54, 1.807) is 0 Å². The first-order valence-corrected chi connectivity index (χ1v) is 8.44. The number of aromatic nitrogens is 2. The summed E-state index contributed by atoms with van der Waals surface area (Å²) in [7, 11) is 2.00. The Morgan fingerprint density at radius 1 is 0.905 bits per heavy atom. The second-order valence-electron chi connectivity index (χ2n) is 5.35. The minimum Gasteiger partial charge on any atom is -0.319 e. The van der Waals surface area contributed by atoms with E-state index in [9.17, 15) is 0 Å². The van der Waals surface area contributed by atoms with Crippen LogP contribution in [-0.2, 0) is 25.7 Å². The highest BCUT2D eigenvalue weighted by Crippen LogP contribution is 2.14. The highest BCUT2D eigenvalue weighted by molar-refractivity contribution is 5.27. The summed E-state index contributed by atoms with van der Waals surface area (Å²) >= 11 is 0. The first kappa shape index (κ1) is 18.1. The molecular formula is C17H32N4. The summed E-state index contributed by atoms with van der Waals surface area (Å²) in [4.78, 5) is 12.1. The standard InChI is InChI=1S/C17H32N4/c1-6-15-14(10-12-18-5)16(7-2)20-17(19-15)11-13-21(8-3)9-4/h18H,6-13H2,1-5H3. The summed E-state index contributed by atoms with van der Waals surface area (Å²) < 4.78 is 0. The summed E-state index contributed by atoms with van der Waals surface area (Å²) in [6, 6.07) is 0. The quantitative estimate of drug-likeness (QED) is 0.718. The van der Waals surface area contributed by atoms with Gasteiger partial charge in [-0.15, -0.1) is 0 Å². The van der Waals surface area contributed by atoms with E-state index in [1.165, 1.54) is 17.0 Å². The molecular weight excluding hydrogens is 260 g/mol. The predicted octanol–water partition coefficient (Wildman–Crippen LogP) is 2.25. The molecule has 1 N–H and O–H groups in total. The maximum Gasteiger partial charge on any atom is 0.130 e. The Kier molecular flexibility index (Phi) is 8.47. The molecule has 0 amide bonds. The molecule has 0 fully saturated rings. The molecule has 4 heteroatoms. The van der Waals surface area contributed by atoms with Gasteiger partial charge in [0.25, 0.3) is 0 Å². The van der Waals surface area contributed by atoms with Crippen molar-refractivity contribution in [3.05, 3.63) is 22.8 Å². The number of aryl methyl sites for hydroxylation is 2. The minimum absolute atomic E-state index is 0.952. The summed E-state index contributed by atoms with van der Waals surface area (Å²) in [5.41, 5.74) is 3.85. The van der Waals surface area contributed by atoms with Crippen LogP contribution in [0.3, 0.4) is 0 Å². The third kappa shape index (κ3) is 5.36. The van der Waals surface area contributed by atoms with Crippen LogP contribution in [0.2, 0.25) is 0 Å². The Morgan fingerprint density at radius 2 is 1.48 bits per heavy atom. The molecule has 0 radical (unpaired) electrons. The van der Waals surface area contributed by atoms with Crippen molar-refractivity contribution in [3.63, 3.8) is 0 Å². The molecule has 0 saturated carbocycles. The third-order valence-electron chi connectivity index (χ3n) is 4.07. The first-order valence-electron chi connectivity index (χ1n) is 8.44. The molecule has 1 aromatic rings. The van der Waals surface area contributed by atoms with Crippen LogP contribution in [0.5, 0.6) is 0 Å². The smallest absolute Gasteiger partial charge is 0.130 e. The van der Waals surface area contributed by atoms with Crippen LogP contribution in [0.15, 0.2) is 0 Å². The monoisotopic (exact) mass is 292 g/mol. The normalized spacial score (nSPS) is 11.3. The van der Waals surface area contributed by atoms with Crippen LogP contribution >= 0.6 is 0 Å². The van der Waals surface area contributed by atoms with Gasteiger partial charge >= 0.3 is 0 Å². The molecule has 0 aromatic carbocycles. The molecule has 1 heterocycles. The van der Waals surface area contributed by atoms with Gasteiger partial charge in [-0.3, -0.25) is 0 Å². The maximum absolute atomic E-state index is 4.83. The van der Waals surface area contributed by atoms with Gasteiger partial charge in [0.05, 0.1) is 0 Å². The number of nitrogens with one attached hydrogen (secondary N) is 1. The van der Waals surface area contributed by atoms with Gasteiger partial charge in [0.2, 0.25) is 0 Å². The van der Waals surface area contributed by atoms with Crippen LogP contribution in [0, 0.1) is 0 Å². The van der Waals surface area contributed by atoms with Crippen molar-refractivity contribution in [3.8, 4) is 0 Å². The molecule has 21 heavy (non-hydrogen) atoms. The van der Waals surface area contributed by atoms with Crippen molar-refractivity contribution in [1.29, 1.82) is 0 Å². The Bertz CT molecular complexity index is 388. The van der Waals surface area contributed by atoms with Gasteiger partial charge in [0, 0.05) is 24.4 Å². The third-order valence-corrected chi connectivity index (χ3v) is 4.07. The summed E-state index contributed by atoms with van der Waals surface area (Å²) in [5, 5.41) is 3.23. The topological polar surface area (TPSA) is 41.1 Å². The predicted molar refractivity (Wildman–Crippen MR) is 89.9 cm³/mol. The number of rotatable bonds is 10. The molecule has 0 atom stereocenters. The largest absolute Gasteiger partial charge is 0.319 e. The number of hydrogen-bond donors (Lipinski definition) is 1. The zero-order valence-electron chi connectivity index (χ0n) is 14.5. The molecule has 1 rings (SSSR count). The van der Waals surface area contributed by atoms with Crippen molar-refractivity contribution in [2.24, 2.45) is 0 Å². The van der Waals surface area contributed by atoms with E-state index in [0.717, 1.165) is 57.7 Å². The second kappa shape index (κ2) is 9.85. The van der Waals surface area contributed by atoms with Crippen LogP contribution in [-0.4, -0.2) is 48.1 Å². The summed E-state index contributed by atoms with van der Waals surface area (Å²) in [6.07, 6.45) is 3.97. The molecule has 1 aromatic heterocycles. The van der Waals surface area contributed by atoms with Gasteiger partial charge < -0.3 is 10.2 Å². The fraction of sp³-hybridized carbons (Fsp3) is 0.765. The average molecular weight is 292 g/mol. The Labute approximate surface area is 130 Å². The lowest BCUT2D eigenvalue weighted by atomic mass is 10.0. The van der Waals surface area contributed by atoms with Gasteiger partial charge in [-0.2, -0.15) is 0 Å². The van der Waals surface area contributed by atoms with Crippen molar-refractivity contribution < 1.29 is 0 Å². The van der Waals surface area contributed by atoms with Crippen LogP contribution in [0.1, 0.15) is 50.5 Å². The minimum atomic E-state index is 0.952. The molecule has 0 bridgehead atoms. The van der Waals surface area contributed by atoms with Crippen molar-refractivity contribution in [1.82, 2.24) is 20.2 Å². The molecule has 4 nitrogen and oxygen atoms in total. The molecule has 0 aliphatic carbocycles. The summed E-state index contributed by atoms with van der Waals surface area (Å²) in [6.45, 7) is 13.0. The van der Waals surface area contributed by atoms with Crippen molar-refractivity contribution >= 4 is 0 Å². The van der Waals surface area contributed by atoms with E-state index in [1.807, 2.05) is 7.05 Å². The van der Waals surface area contributed by atoms with Crippen LogP contribution in [0.25, 0.3) is 0 Å². The van der Waals surface area contributed by atoms with Gasteiger partial charge in [-0.1, -0.05) is 27.7 Å². The van der Waals surface area contributed by atoms with E-state index in [-0.39, 0.29) is 0 Å².